The van der Waals surface area contributed by atoms with Gasteiger partial charge in [0.25, 0.3) is 0 Å². The van der Waals surface area contributed by atoms with Gasteiger partial charge in [-0.2, -0.15) is 0 Å². The van der Waals surface area contributed by atoms with Crippen molar-refractivity contribution in [3.8, 4) is 0 Å². The molecular weight excluding hydrogens is 258 g/mol. The molecule has 0 fully saturated rings. The number of esters is 1. The number of amides is 1. The Hall–Kier alpha value is -2.30. The highest BCUT2D eigenvalue weighted by molar-refractivity contribution is 5.92. The Morgan fingerprint density at radius 3 is 2.50 bits per heavy atom. The predicted molar refractivity (Wildman–Crippen MR) is 74.8 cm³/mol. The largest absolute Gasteiger partial charge is 0.461 e. The molecule has 0 aromatic heterocycles. The molecule has 0 spiro atoms. The van der Waals surface area contributed by atoms with Crippen LogP contribution in [0.3, 0.4) is 0 Å². The van der Waals surface area contributed by atoms with Crippen molar-refractivity contribution in [2.24, 2.45) is 0 Å². The van der Waals surface area contributed by atoms with Crippen LogP contribution in [0, 0.1) is 0 Å². The topological polar surface area (TPSA) is 64.6 Å². The Bertz CT molecular complexity index is 468. The molecule has 0 saturated carbocycles. The van der Waals surface area contributed by atoms with E-state index in [4.69, 9.17) is 9.47 Å². The molecule has 0 radical (unpaired) electrons. The van der Waals surface area contributed by atoms with Crippen molar-refractivity contribution in [2.45, 2.75) is 26.9 Å². The fraction of sp³-hybridized carbons (Fsp3) is 0.333. The van der Waals surface area contributed by atoms with Gasteiger partial charge in [0.05, 0.1) is 6.61 Å². The van der Waals surface area contributed by atoms with Gasteiger partial charge in [-0.1, -0.05) is 43.3 Å². The second kappa shape index (κ2) is 8.74. The number of hydrogen-bond acceptors (Lipinski definition) is 4. The summed E-state index contributed by atoms with van der Waals surface area (Å²) in [6.07, 6.45) is 1.51. The Balaban J connectivity index is 2.42. The second-order valence-corrected chi connectivity index (χ2v) is 4.03. The second-order valence-electron chi connectivity index (χ2n) is 4.03. The summed E-state index contributed by atoms with van der Waals surface area (Å²) >= 11 is 0. The van der Waals surface area contributed by atoms with E-state index in [2.05, 4.69) is 5.32 Å². The van der Waals surface area contributed by atoms with Crippen LogP contribution in [0.1, 0.15) is 25.8 Å². The van der Waals surface area contributed by atoms with Crippen LogP contribution in [-0.4, -0.2) is 18.7 Å². The Kier molecular flexibility index (Phi) is 6.89. The van der Waals surface area contributed by atoms with Crippen LogP contribution in [0.5, 0.6) is 0 Å². The molecule has 1 aromatic rings. The fourth-order valence-corrected chi connectivity index (χ4v) is 1.38. The molecule has 0 atom stereocenters. The number of alkyl carbamates (subject to hydrolysis) is 1. The molecule has 0 aliphatic rings. The smallest absolute Gasteiger partial charge is 0.412 e. The molecule has 20 heavy (non-hydrogen) atoms. The lowest BCUT2D eigenvalue weighted by molar-refractivity contribution is -0.139. The zero-order valence-electron chi connectivity index (χ0n) is 11.7. The first-order valence-corrected chi connectivity index (χ1v) is 6.48. The molecule has 0 bridgehead atoms. The number of carbonyl (C=O) groups is 2. The highest BCUT2D eigenvalue weighted by Crippen LogP contribution is 2.02. The molecule has 108 valence electrons. The monoisotopic (exact) mass is 277 g/mol. The number of carbonyl (C=O) groups excluding carboxylic acids is 2. The number of hydrogen-bond donors (Lipinski definition) is 1. The summed E-state index contributed by atoms with van der Waals surface area (Å²) in [5.74, 6) is -0.564. The number of nitrogens with one attached hydrogen (secondary N) is 1. The van der Waals surface area contributed by atoms with Gasteiger partial charge in [0.1, 0.15) is 12.3 Å². The number of allylic oxidation sites excluding steroid dienone is 1. The molecular formula is C15H19NO4. The fourth-order valence-electron chi connectivity index (χ4n) is 1.38. The standard InChI is InChI=1S/C15H19NO4/c1-3-10-19-14(17)13(4-2)16-15(18)20-11-12-8-6-5-7-9-12/h4-9H,3,10-11H2,1-2H3,(H,16,18)/b13-4-. The van der Waals surface area contributed by atoms with E-state index in [1.807, 2.05) is 37.3 Å². The van der Waals surface area contributed by atoms with Crippen molar-refractivity contribution < 1.29 is 19.1 Å². The van der Waals surface area contributed by atoms with E-state index in [-0.39, 0.29) is 12.3 Å². The van der Waals surface area contributed by atoms with Crippen LogP contribution in [0.4, 0.5) is 4.79 Å². The average Bonchev–Trinajstić information content (AvgIpc) is 2.49. The maximum Gasteiger partial charge on any atom is 0.412 e. The third-order valence-corrected chi connectivity index (χ3v) is 2.40. The third kappa shape index (κ3) is 5.56. The molecule has 0 unspecified atom stereocenters. The molecule has 0 heterocycles. The average molecular weight is 277 g/mol. The number of rotatable bonds is 6. The summed E-state index contributed by atoms with van der Waals surface area (Å²) in [6, 6.07) is 9.29. The molecule has 0 aliphatic carbocycles. The van der Waals surface area contributed by atoms with E-state index in [0.717, 1.165) is 12.0 Å². The maximum atomic E-state index is 11.6. The van der Waals surface area contributed by atoms with E-state index < -0.39 is 12.1 Å². The van der Waals surface area contributed by atoms with E-state index in [1.54, 1.807) is 6.92 Å². The van der Waals surface area contributed by atoms with Crippen molar-refractivity contribution in [3.05, 3.63) is 47.7 Å². The molecule has 0 saturated heterocycles. The van der Waals surface area contributed by atoms with Crippen molar-refractivity contribution in [3.63, 3.8) is 0 Å². The van der Waals surface area contributed by atoms with Gasteiger partial charge in [-0.25, -0.2) is 9.59 Å². The molecule has 0 aliphatic heterocycles. The lowest BCUT2D eigenvalue weighted by Gasteiger charge is -2.09. The molecule has 1 amide bonds. The molecule has 5 nitrogen and oxygen atoms in total. The number of benzene rings is 1. The zero-order chi connectivity index (χ0) is 14.8. The zero-order valence-corrected chi connectivity index (χ0v) is 11.7. The molecule has 1 N–H and O–H groups in total. The van der Waals surface area contributed by atoms with Gasteiger partial charge in [-0.05, 0) is 18.9 Å². The first-order valence-electron chi connectivity index (χ1n) is 6.48. The van der Waals surface area contributed by atoms with E-state index in [1.165, 1.54) is 6.08 Å². The molecule has 5 heteroatoms. The lowest BCUT2D eigenvalue weighted by atomic mass is 10.2. The van der Waals surface area contributed by atoms with Gasteiger partial charge in [-0.15, -0.1) is 0 Å². The van der Waals surface area contributed by atoms with Gasteiger partial charge in [0, 0.05) is 0 Å². The Morgan fingerprint density at radius 2 is 1.90 bits per heavy atom. The Labute approximate surface area is 118 Å². The van der Waals surface area contributed by atoms with E-state index >= 15 is 0 Å². The van der Waals surface area contributed by atoms with E-state index in [0.29, 0.717) is 6.61 Å². The van der Waals surface area contributed by atoms with Crippen molar-refractivity contribution in [2.75, 3.05) is 6.61 Å². The third-order valence-electron chi connectivity index (χ3n) is 2.40. The maximum absolute atomic E-state index is 11.6. The van der Waals surface area contributed by atoms with Crippen LogP contribution in [0.15, 0.2) is 42.1 Å². The van der Waals surface area contributed by atoms with Gasteiger partial charge in [0.15, 0.2) is 0 Å². The van der Waals surface area contributed by atoms with E-state index in [9.17, 15) is 9.59 Å². The first-order chi connectivity index (χ1) is 9.67. The predicted octanol–water partition coefficient (Wildman–Crippen LogP) is 2.77. The molecule has 1 rings (SSSR count). The quantitative estimate of drug-likeness (QED) is 0.641. The minimum Gasteiger partial charge on any atom is -0.461 e. The van der Waals surface area contributed by atoms with Gasteiger partial charge in [0.2, 0.25) is 0 Å². The lowest BCUT2D eigenvalue weighted by Crippen LogP contribution is -2.29. The summed E-state index contributed by atoms with van der Waals surface area (Å²) in [5.41, 5.74) is 0.953. The van der Waals surface area contributed by atoms with Crippen molar-refractivity contribution >= 4 is 12.1 Å². The van der Waals surface area contributed by atoms with Gasteiger partial charge < -0.3 is 9.47 Å². The van der Waals surface area contributed by atoms with Crippen molar-refractivity contribution in [1.29, 1.82) is 0 Å². The summed E-state index contributed by atoms with van der Waals surface area (Å²) in [6.45, 7) is 3.99. The summed E-state index contributed by atoms with van der Waals surface area (Å²) in [5, 5.41) is 2.37. The SMILES string of the molecule is C/C=C(\NC(=O)OCc1ccccc1)C(=O)OCCC. The van der Waals surface area contributed by atoms with Crippen LogP contribution in [0.25, 0.3) is 0 Å². The van der Waals surface area contributed by atoms with Crippen LogP contribution >= 0.6 is 0 Å². The summed E-state index contributed by atoms with van der Waals surface area (Å²) in [4.78, 5) is 23.2. The van der Waals surface area contributed by atoms with Gasteiger partial charge in [-0.3, -0.25) is 5.32 Å². The highest BCUT2D eigenvalue weighted by atomic mass is 16.6. The normalized spacial score (nSPS) is 10.8. The first kappa shape index (κ1) is 15.8. The van der Waals surface area contributed by atoms with Crippen molar-refractivity contribution in [1.82, 2.24) is 5.32 Å². The highest BCUT2D eigenvalue weighted by Gasteiger charge is 2.13. The van der Waals surface area contributed by atoms with Gasteiger partial charge >= 0.3 is 12.1 Å². The minimum atomic E-state index is -0.685. The van der Waals surface area contributed by atoms with Crippen LogP contribution < -0.4 is 5.32 Å². The minimum absolute atomic E-state index is 0.0801. The Morgan fingerprint density at radius 1 is 1.20 bits per heavy atom. The molecule has 1 aromatic carbocycles. The van der Waals surface area contributed by atoms with Crippen LogP contribution in [0.2, 0.25) is 0 Å². The van der Waals surface area contributed by atoms with Crippen LogP contribution in [-0.2, 0) is 20.9 Å². The number of ether oxygens (including phenoxy) is 2. The summed E-state index contributed by atoms with van der Waals surface area (Å²) in [7, 11) is 0. The summed E-state index contributed by atoms with van der Waals surface area (Å²) < 4.78 is 9.95.